The lowest BCUT2D eigenvalue weighted by Gasteiger charge is -2.22. The normalized spacial score (nSPS) is 25.9. The standard InChI is InChI=1S/C13H23NO3/c1-4-11(8(2)3)14-12(15)9-5-6-10(7-9)13(16)17/h8-11H,4-7H2,1-3H3,(H,14,15)(H,16,17). The fourth-order valence-corrected chi connectivity index (χ4v) is 2.48. The first-order valence-electron chi connectivity index (χ1n) is 6.48. The first-order chi connectivity index (χ1) is 7.95. The number of carboxylic acids is 1. The van der Waals surface area contributed by atoms with Gasteiger partial charge in [-0.25, -0.2) is 0 Å². The van der Waals surface area contributed by atoms with E-state index in [0.29, 0.717) is 25.2 Å². The molecule has 0 heterocycles. The SMILES string of the molecule is CCC(NC(=O)C1CCC(C(=O)O)C1)C(C)C. The van der Waals surface area contributed by atoms with Crippen LogP contribution in [-0.2, 0) is 9.59 Å². The maximum Gasteiger partial charge on any atom is 0.306 e. The third-order valence-electron chi connectivity index (χ3n) is 3.72. The summed E-state index contributed by atoms with van der Waals surface area (Å²) in [6.07, 6.45) is 2.75. The Morgan fingerprint density at radius 1 is 1.29 bits per heavy atom. The Balaban J connectivity index is 2.46. The zero-order chi connectivity index (χ0) is 13.0. The minimum atomic E-state index is -0.767. The smallest absolute Gasteiger partial charge is 0.306 e. The van der Waals surface area contributed by atoms with Crippen LogP contribution in [0.1, 0.15) is 46.5 Å². The summed E-state index contributed by atoms with van der Waals surface area (Å²) >= 11 is 0. The van der Waals surface area contributed by atoms with Gasteiger partial charge in [-0.15, -0.1) is 0 Å². The second-order valence-electron chi connectivity index (χ2n) is 5.31. The van der Waals surface area contributed by atoms with Crippen molar-refractivity contribution >= 4 is 11.9 Å². The van der Waals surface area contributed by atoms with Gasteiger partial charge in [-0.3, -0.25) is 9.59 Å². The van der Waals surface area contributed by atoms with Crippen LogP contribution in [0.5, 0.6) is 0 Å². The van der Waals surface area contributed by atoms with E-state index in [4.69, 9.17) is 5.11 Å². The van der Waals surface area contributed by atoms with E-state index in [1.165, 1.54) is 0 Å². The zero-order valence-corrected chi connectivity index (χ0v) is 10.9. The summed E-state index contributed by atoms with van der Waals surface area (Å²) in [5, 5.41) is 11.9. The molecule has 0 saturated heterocycles. The molecule has 0 bridgehead atoms. The molecule has 1 rings (SSSR count). The van der Waals surface area contributed by atoms with Crippen LogP contribution in [-0.4, -0.2) is 23.0 Å². The molecule has 3 atom stereocenters. The van der Waals surface area contributed by atoms with Gasteiger partial charge in [-0.05, 0) is 31.6 Å². The van der Waals surface area contributed by atoms with E-state index in [1.54, 1.807) is 0 Å². The van der Waals surface area contributed by atoms with Gasteiger partial charge in [-0.1, -0.05) is 20.8 Å². The molecule has 1 amide bonds. The maximum absolute atomic E-state index is 12.0. The predicted molar refractivity (Wildman–Crippen MR) is 65.5 cm³/mol. The Morgan fingerprint density at radius 3 is 2.29 bits per heavy atom. The van der Waals surface area contributed by atoms with E-state index in [2.05, 4.69) is 26.1 Å². The topological polar surface area (TPSA) is 66.4 Å². The van der Waals surface area contributed by atoms with Crippen molar-refractivity contribution in [3.05, 3.63) is 0 Å². The highest BCUT2D eigenvalue weighted by molar-refractivity contribution is 5.81. The van der Waals surface area contributed by atoms with Crippen LogP contribution in [0.15, 0.2) is 0 Å². The Kier molecular flexibility index (Phi) is 4.97. The van der Waals surface area contributed by atoms with E-state index < -0.39 is 5.97 Å². The average molecular weight is 241 g/mol. The first-order valence-corrected chi connectivity index (χ1v) is 6.48. The molecule has 0 aliphatic heterocycles. The molecular weight excluding hydrogens is 218 g/mol. The van der Waals surface area contributed by atoms with Crippen molar-refractivity contribution in [2.45, 2.75) is 52.5 Å². The minimum absolute atomic E-state index is 0.0364. The van der Waals surface area contributed by atoms with Crippen LogP contribution in [0.4, 0.5) is 0 Å². The van der Waals surface area contributed by atoms with Crippen molar-refractivity contribution in [3.63, 3.8) is 0 Å². The van der Waals surface area contributed by atoms with Gasteiger partial charge in [0.1, 0.15) is 0 Å². The molecule has 1 aliphatic carbocycles. The second-order valence-corrected chi connectivity index (χ2v) is 5.31. The summed E-state index contributed by atoms with van der Waals surface area (Å²) in [5.41, 5.74) is 0. The van der Waals surface area contributed by atoms with E-state index in [9.17, 15) is 9.59 Å². The second kappa shape index (κ2) is 6.03. The summed E-state index contributed by atoms with van der Waals surface area (Å²) < 4.78 is 0. The lowest BCUT2D eigenvalue weighted by molar-refractivity contribution is -0.141. The molecule has 3 unspecified atom stereocenters. The predicted octanol–water partition coefficient (Wildman–Crippen LogP) is 2.04. The number of hydrogen-bond donors (Lipinski definition) is 2. The third-order valence-corrected chi connectivity index (χ3v) is 3.72. The van der Waals surface area contributed by atoms with Crippen LogP contribution in [0.25, 0.3) is 0 Å². The van der Waals surface area contributed by atoms with Gasteiger partial charge in [0.05, 0.1) is 5.92 Å². The molecule has 0 aromatic heterocycles. The first kappa shape index (κ1) is 14.0. The molecule has 0 spiro atoms. The van der Waals surface area contributed by atoms with Gasteiger partial charge in [-0.2, -0.15) is 0 Å². The van der Waals surface area contributed by atoms with Gasteiger partial charge >= 0.3 is 5.97 Å². The van der Waals surface area contributed by atoms with Crippen molar-refractivity contribution in [1.82, 2.24) is 5.32 Å². The number of carbonyl (C=O) groups is 2. The van der Waals surface area contributed by atoms with Crippen molar-refractivity contribution in [3.8, 4) is 0 Å². The van der Waals surface area contributed by atoms with Crippen molar-refractivity contribution in [2.75, 3.05) is 0 Å². The fraction of sp³-hybridized carbons (Fsp3) is 0.846. The molecule has 1 aliphatic rings. The highest BCUT2D eigenvalue weighted by Gasteiger charge is 2.34. The summed E-state index contributed by atoms with van der Waals surface area (Å²) in [6, 6.07) is 0.200. The Morgan fingerprint density at radius 2 is 1.88 bits per heavy atom. The van der Waals surface area contributed by atoms with E-state index in [1.807, 2.05) is 0 Å². The number of rotatable bonds is 5. The number of aliphatic carboxylic acids is 1. The number of nitrogens with one attached hydrogen (secondary N) is 1. The molecule has 98 valence electrons. The molecule has 1 fully saturated rings. The molecule has 4 heteroatoms. The molecule has 0 radical (unpaired) electrons. The maximum atomic E-state index is 12.0. The Hall–Kier alpha value is -1.06. The van der Waals surface area contributed by atoms with Crippen LogP contribution in [0.2, 0.25) is 0 Å². The fourth-order valence-electron chi connectivity index (χ4n) is 2.48. The molecule has 0 aromatic carbocycles. The summed E-state index contributed by atoms with van der Waals surface area (Å²) in [5.74, 6) is -0.750. The van der Waals surface area contributed by atoms with Gasteiger partial charge in [0.2, 0.25) is 5.91 Å². The van der Waals surface area contributed by atoms with Crippen LogP contribution in [0.3, 0.4) is 0 Å². The summed E-state index contributed by atoms with van der Waals surface area (Å²) in [6.45, 7) is 6.23. The number of hydrogen-bond acceptors (Lipinski definition) is 2. The van der Waals surface area contributed by atoms with Crippen LogP contribution in [0, 0.1) is 17.8 Å². The molecule has 0 aromatic rings. The van der Waals surface area contributed by atoms with Gasteiger partial charge < -0.3 is 10.4 Å². The monoisotopic (exact) mass is 241 g/mol. The number of carboxylic acid groups (broad SMARTS) is 1. The van der Waals surface area contributed by atoms with E-state index in [-0.39, 0.29) is 23.8 Å². The lowest BCUT2D eigenvalue weighted by Crippen LogP contribution is -2.41. The molecule has 2 N–H and O–H groups in total. The third kappa shape index (κ3) is 3.72. The van der Waals surface area contributed by atoms with E-state index >= 15 is 0 Å². The van der Waals surface area contributed by atoms with Crippen LogP contribution < -0.4 is 5.32 Å². The molecule has 1 saturated carbocycles. The summed E-state index contributed by atoms with van der Waals surface area (Å²) in [4.78, 5) is 22.8. The van der Waals surface area contributed by atoms with Crippen LogP contribution >= 0.6 is 0 Å². The molecule has 17 heavy (non-hydrogen) atoms. The van der Waals surface area contributed by atoms with E-state index in [0.717, 1.165) is 6.42 Å². The van der Waals surface area contributed by atoms with Gasteiger partial charge in [0, 0.05) is 12.0 Å². The molecule has 4 nitrogen and oxygen atoms in total. The Bertz CT molecular complexity index is 288. The highest BCUT2D eigenvalue weighted by Crippen LogP contribution is 2.31. The lowest BCUT2D eigenvalue weighted by atomic mass is 9.99. The number of carbonyl (C=O) groups excluding carboxylic acids is 1. The Labute approximate surface area is 103 Å². The largest absolute Gasteiger partial charge is 0.481 e. The average Bonchev–Trinajstić information content (AvgIpc) is 2.74. The molecular formula is C13H23NO3. The number of amides is 1. The quantitative estimate of drug-likeness (QED) is 0.774. The minimum Gasteiger partial charge on any atom is -0.481 e. The highest BCUT2D eigenvalue weighted by atomic mass is 16.4. The van der Waals surface area contributed by atoms with Crippen molar-refractivity contribution in [1.29, 1.82) is 0 Å². The van der Waals surface area contributed by atoms with Gasteiger partial charge in [0.15, 0.2) is 0 Å². The summed E-state index contributed by atoms with van der Waals surface area (Å²) in [7, 11) is 0. The van der Waals surface area contributed by atoms with Crippen molar-refractivity contribution < 1.29 is 14.7 Å². The zero-order valence-electron chi connectivity index (χ0n) is 10.9. The van der Waals surface area contributed by atoms with Gasteiger partial charge in [0.25, 0.3) is 0 Å². The van der Waals surface area contributed by atoms with Crippen molar-refractivity contribution in [2.24, 2.45) is 17.8 Å².